The molecule has 0 radical (unpaired) electrons. The van der Waals surface area contributed by atoms with Gasteiger partial charge < -0.3 is 5.32 Å². The molecule has 0 heterocycles. The summed E-state index contributed by atoms with van der Waals surface area (Å²) in [5, 5.41) is 1.88. The van der Waals surface area contributed by atoms with Crippen LogP contribution in [0.1, 0.15) is 11.1 Å². The van der Waals surface area contributed by atoms with Crippen molar-refractivity contribution in [1.82, 2.24) is 0 Å². The molecular weight excluding hydrogens is 322 g/mol. The smallest absolute Gasteiger partial charge is 0.326 e. The van der Waals surface area contributed by atoms with Crippen LogP contribution in [0.5, 0.6) is 0 Å². The second kappa shape index (κ2) is 6.36. The van der Waals surface area contributed by atoms with Gasteiger partial charge in [0.15, 0.2) is 0 Å². The van der Waals surface area contributed by atoms with E-state index in [-0.39, 0.29) is 12.1 Å². The number of alkyl halides is 3. The summed E-state index contributed by atoms with van der Waals surface area (Å²) in [4.78, 5) is 11.8. The zero-order valence-electron chi connectivity index (χ0n) is 11.0. The molecule has 0 aliphatic carbocycles. The zero-order valence-corrected chi connectivity index (χ0v) is 11.8. The molecule has 0 aliphatic heterocycles. The van der Waals surface area contributed by atoms with Crippen LogP contribution in [0, 0.1) is 5.82 Å². The molecule has 0 unspecified atom stereocenters. The topological polar surface area (TPSA) is 29.1 Å². The first-order valence-electron chi connectivity index (χ1n) is 6.17. The molecule has 0 saturated heterocycles. The molecule has 116 valence electrons. The van der Waals surface area contributed by atoms with Gasteiger partial charge in [0.25, 0.3) is 0 Å². The van der Waals surface area contributed by atoms with Gasteiger partial charge in [-0.05, 0) is 35.9 Å². The third-order valence-corrected chi connectivity index (χ3v) is 3.14. The maximum atomic E-state index is 13.0. The van der Waals surface area contributed by atoms with E-state index >= 15 is 0 Å². The van der Waals surface area contributed by atoms with E-state index in [0.29, 0.717) is 5.56 Å². The Hall–Kier alpha value is -2.08. The summed E-state index contributed by atoms with van der Waals surface area (Å²) in [6, 6.07) is 8.49. The Labute approximate surface area is 128 Å². The number of benzene rings is 2. The Kier molecular flexibility index (Phi) is 4.71. The van der Waals surface area contributed by atoms with Crippen molar-refractivity contribution in [3.05, 3.63) is 64.4 Å². The molecule has 2 nitrogen and oxygen atoms in total. The lowest BCUT2D eigenvalue weighted by molar-refractivity contribution is -0.137. The van der Waals surface area contributed by atoms with Crippen molar-refractivity contribution in [2.75, 3.05) is 5.32 Å². The van der Waals surface area contributed by atoms with Crippen LogP contribution in [0.25, 0.3) is 0 Å². The predicted molar refractivity (Wildman–Crippen MR) is 75.2 cm³/mol. The van der Waals surface area contributed by atoms with Crippen LogP contribution in [-0.4, -0.2) is 5.91 Å². The number of carbonyl (C=O) groups is 1. The van der Waals surface area contributed by atoms with E-state index in [4.69, 9.17) is 11.6 Å². The van der Waals surface area contributed by atoms with Crippen LogP contribution in [0.15, 0.2) is 42.5 Å². The van der Waals surface area contributed by atoms with Crippen molar-refractivity contribution < 1.29 is 22.4 Å². The van der Waals surface area contributed by atoms with Gasteiger partial charge in [-0.3, -0.25) is 4.79 Å². The van der Waals surface area contributed by atoms with Gasteiger partial charge in [-0.1, -0.05) is 23.7 Å². The third kappa shape index (κ3) is 4.21. The van der Waals surface area contributed by atoms with Gasteiger partial charge in [0.05, 0.1) is 17.0 Å². The van der Waals surface area contributed by atoms with Crippen LogP contribution in [0.4, 0.5) is 23.2 Å². The fourth-order valence-electron chi connectivity index (χ4n) is 1.86. The molecule has 2 aromatic carbocycles. The molecule has 0 aliphatic rings. The quantitative estimate of drug-likeness (QED) is 0.813. The minimum Gasteiger partial charge on any atom is -0.326 e. The van der Waals surface area contributed by atoms with E-state index in [0.717, 1.165) is 12.1 Å². The second-order valence-electron chi connectivity index (χ2n) is 4.55. The van der Waals surface area contributed by atoms with Gasteiger partial charge in [-0.25, -0.2) is 4.39 Å². The van der Waals surface area contributed by atoms with E-state index in [9.17, 15) is 22.4 Å². The lowest BCUT2D eigenvalue weighted by atomic mass is 10.1. The van der Waals surface area contributed by atoms with Crippen LogP contribution >= 0.6 is 11.6 Å². The summed E-state index contributed by atoms with van der Waals surface area (Å²) in [5.41, 5.74) is -0.640. The van der Waals surface area contributed by atoms with Gasteiger partial charge in [0.2, 0.25) is 5.91 Å². The Morgan fingerprint density at radius 1 is 1.14 bits per heavy atom. The van der Waals surface area contributed by atoms with E-state index < -0.39 is 28.5 Å². The Morgan fingerprint density at radius 3 is 2.50 bits per heavy atom. The van der Waals surface area contributed by atoms with Crippen molar-refractivity contribution in [3.63, 3.8) is 0 Å². The van der Waals surface area contributed by atoms with E-state index in [1.807, 2.05) is 0 Å². The minimum atomic E-state index is -4.61. The monoisotopic (exact) mass is 331 g/mol. The first-order chi connectivity index (χ1) is 10.3. The minimum absolute atomic E-state index is 0.0295. The molecule has 2 rings (SSSR count). The molecule has 0 aromatic heterocycles. The predicted octanol–water partition coefficient (Wildman–Crippen LogP) is 4.68. The number of carbonyl (C=O) groups excluding carboxylic acids is 1. The number of hydrogen-bond donors (Lipinski definition) is 1. The number of nitrogens with one attached hydrogen (secondary N) is 1. The van der Waals surface area contributed by atoms with Crippen molar-refractivity contribution in [3.8, 4) is 0 Å². The highest BCUT2D eigenvalue weighted by Crippen LogP contribution is 2.36. The van der Waals surface area contributed by atoms with Gasteiger partial charge >= 0.3 is 6.18 Å². The number of halogens is 5. The molecule has 0 fully saturated rings. The summed E-state index contributed by atoms with van der Waals surface area (Å²) in [6.07, 6.45) is -4.76. The average molecular weight is 332 g/mol. The average Bonchev–Trinajstić information content (AvgIpc) is 2.39. The summed E-state index contributed by atoms with van der Waals surface area (Å²) >= 11 is 5.49. The lowest BCUT2D eigenvalue weighted by Crippen LogP contribution is -2.15. The molecule has 0 saturated carbocycles. The molecule has 22 heavy (non-hydrogen) atoms. The summed E-state index contributed by atoms with van der Waals surface area (Å²) < 4.78 is 51.2. The van der Waals surface area contributed by atoms with Crippen LogP contribution < -0.4 is 5.32 Å². The highest BCUT2D eigenvalue weighted by molar-refractivity contribution is 6.31. The summed E-state index contributed by atoms with van der Waals surface area (Å²) in [7, 11) is 0. The van der Waals surface area contributed by atoms with Gasteiger partial charge in [-0.15, -0.1) is 0 Å². The highest BCUT2D eigenvalue weighted by atomic mass is 35.5. The van der Waals surface area contributed by atoms with Crippen molar-refractivity contribution in [1.29, 1.82) is 0 Å². The van der Waals surface area contributed by atoms with Crippen molar-refractivity contribution in [2.24, 2.45) is 0 Å². The number of rotatable bonds is 3. The first-order valence-corrected chi connectivity index (χ1v) is 6.54. The molecule has 0 spiro atoms. The molecule has 1 N–H and O–H groups in total. The standard InChI is InChI=1S/C15H10ClF4NO/c16-13-5-4-11(8-12(13)15(18,19)20)21-14(22)7-9-2-1-3-10(17)6-9/h1-6,8H,7H2,(H,21,22). The van der Waals surface area contributed by atoms with Gasteiger partial charge in [0, 0.05) is 5.69 Å². The maximum absolute atomic E-state index is 13.0. The van der Waals surface area contributed by atoms with Crippen molar-refractivity contribution in [2.45, 2.75) is 12.6 Å². The summed E-state index contributed by atoms with van der Waals surface area (Å²) in [5.74, 6) is -1.04. The van der Waals surface area contributed by atoms with Crippen LogP contribution in [0.3, 0.4) is 0 Å². The molecular formula is C15H10ClF4NO. The first kappa shape index (κ1) is 16.3. The molecule has 7 heteroatoms. The SMILES string of the molecule is O=C(Cc1cccc(F)c1)Nc1ccc(Cl)c(C(F)(F)F)c1. The number of anilines is 1. The van der Waals surface area contributed by atoms with Gasteiger partial charge in [0.1, 0.15) is 5.82 Å². The largest absolute Gasteiger partial charge is 0.417 e. The van der Waals surface area contributed by atoms with E-state index in [1.54, 1.807) is 6.07 Å². The van der Waals surface area contributed by atoms with Crippen LogP contribution in [-0.2, 0) is 17.4 Å². The third-order valence-electron chi connectivity index (χ3n) is 2.81. The van der Waals surface area contributed by atoms with E-state index in [2.05, 4.69) is 5.32 Å². The molecule has 0 bridgehead atoms. The maximum Gasteiger partial charge on any atom is 0.417 e. The molecule has 2 aromatic rings. The molecule has 1 amide bonds. The number of hydrogen-bond acceptors (Lipinski definition) is 1. The Morgan fingerprint density at radius 2 is 1.86 bits per heavy atom. The highest BCUT2D eigenvalue weighted by Gasteiger charge is 2.33. The number of amides is 1. The van der Waals surface area contributed by atoms with Crippen molar-refractivity contribution >= 4 is 23.2 Å². The van der Waals surface area contributed by atoms with Crippen LogP contribution in [0.2, 0.25) is 5.02 Å². The molecule has 0 atom stereocenters. The fourth-order valence-corrected chi connectivity index (χ4v) is 2.08. The fraction of sp³-hybridized carbons (Fsp3) is 0.133. The summed E-state index contributed by atoms with van der Waals surface area (Å²) in [6.45, 7) is 0. The second-order valence-corrected chi connectivity index (χ2v) is 4.95. The lowest BCUT2D eigenvalue weighted by Gasteiger charge is -2.11. The Balaban J connectivity index is 2.12. The normalized spacial score (nSPS) is 11.3. The van der Waals surface area contributed by atoms with E-state index in [1.165, 1.54) is 24.3 Å². The van der Waals surface area contributed by atoms with Gasteiger partial charge in [-0.2, -0.15) is 13.2 Å². The Bertz CT molecular complexity index is 700. The zero-order chi connectivity index (χ0) is 16.3.